The van der Waals surface area contributed by atoms with E-state index in [-0.39, 0.29) is 0 Å². The van der Waals surface area contributed by atoms with Gasteiger partial charge in [0.05, 0.1) is 0 Å². The Balaban J connectivity index is 1.87. The second kappa shape index (κ2) is 6.58. The molecular formula is C17H34N2. The maximum atomic E-state index is 6.38. The molecule has 2 N–H and O–H groups in total. The Morgan fingerprint density at radius 3 is 2.47 bits per heavy atom. The van der Waals surface area contributed by atoms with Crippen LogP contribution in [0.5, 0.6) is 0 Å². The number of rotatable bonds is 5. The van der Waals surface area contributed by atoms with Crippen LogP contribution in [-0.4, -0.2) is 30.6 Å². The molecule has 0 aromatic carbocycles. The molecule has 1 aliphatic carbocycles. The van der Waals surface area contributed by atoms with Crippen molar-refractivity contribution >= 4 is 0 Å². The summed E-state index contributed by atoms with van der Waals surface area (Å²) in [6, 6.07) is 0.459. The Bertz CT molecular complexity index is 272. The van der Waals surface area contributed by atoms with Crippen LogP contribution < -0.4 is 5.73 Å². The summed E-state index contributed by atoms with van der Waals surface area (Å²) < 4.78 is 0. The van der Waals surface area contributed by atoms with Crippen molar-refractivity contribution in [2.45, 2.75) is 71.8 Å². The molecule has 2 rings (SSSR count). The minimum atomic E-state index is 0.459. The van der Waals surface area contributed by atoms with Crippen LogP contribution in [0.2, 0.25) is 0 Å². The van der Waals surface area contributed by atoms with Gasteiger partial charge >= 0.3 is 0 Å². The third kappa shape index (κ3) is 3.52. The summed E-state index contributed by atoms with van der Waals surface area (Å²) in [6.07, 6.45) is 9.42. The first-order valence-corrected chi connectivity index (χ1v) is 8.60. The molecule has 3 unspecified atom stereocenters. The van der Waals surface area contributed by atoms with E-state index in [0.717, 1.165) is 11.8 Å². The molecule has 2 nitrogen and oxygen atoms in total. The molecule has 112 valence electrons. The Morgan fingerprint density at radius 1 is 1.16 bits per heavy atom. The van der Waals surface area contributed by atoms with Crippen molar-refractivity contribution < 1.29 is 0 Å². The average Bonchev–Trinajstić information content (AvgIpc) is 2.85. The van der Waals surface area contributed by atoms with E-state index in [1.807, 2.05) is 0 Å². The van der Waals surface area contributed by atoms with E-state index in [0.29, 0.717) is 11.5 Å². The lowest BCUT2D eigenvalue weighted by Gasteiger charge is -2.36. The highest BCUT2D eigenvalue weighted by atomic mass is 15.2. The summed E-state index contributed by atoms with van der Waals surface area (Å²) >= 11 is 0. The molecule has 0 radical (unpaired) electrons. The predicted molar refractivity (Wildman–Crippen MR) is 83.2 cm³/mol. The van der Waals surface area contributed by atoms with Crippen molar-refractivity contribution in [3.63, 3.8) is 0 Å². The van der Waals surface area contributed by atoms with Crippen molar-refractivity contribution in [3.05, 3.63) is 0 Å². The van der Waals surface area contributed by atoms with Crippen LogP contribution in [0.25, 0.3) is 0 Å². The second-order valence-corrected chi connectivity index (χ2v) is 7.20. The number of nitrogens with two attached hydrogens (primary N) is 1. The molecule has 1 heterocycles. The first-order valence-electron chi connectivity index (χ1n) is 8.60. The van der Waals surface area contributed by atoms with Crippen LogP contribution in [0.4, 0.5) is 0 Å². The predicted octanol–water partition coefficient (Wildman–Crippen LogP) is 3.65. The van der Waals surface area contributed by atoms with Gasteiger partial charge in [-0.2, -0.15) is 0 Å². The lowest BCUT2D eigenvalue weighted by Crippen LogP contribution is -2.43. The van der Waals surface area contributed by atoms with E-state index in [1.54, 1.807) is 0 Å². The Kier molecular flexibility index (Phi) is 5.30. The molecule has 0 aromatic heterocycles. The van der Waals surface area contributed by atoms with Crippen molar-refractivity contribution in [1.29, 1.82) is 0 Å². The van der Waals surface area contributed by atoms with Gasteiger partial charge in [0.1, 0.15) is 0 Å². The molecule has 0 bridgehead atoms. The van der Waals surface area contributed by atoms with Gasteiger partial charge in [-0.3, -0.25) is 0 Å². The normalized spacial score (nSPS) is 35.7. The molecular weight excluding hydrogens is 232 g/mol. The van der Waals surface area contributed by atoms with E-state index in [4.69, 9.17) is 5.73 Å². The van der Waals surface area contributed by atoms with E-state index >= 15 is 0 Å². The Morgan fingerprint density at radius 2 is 1.89 bits per heavy atom. The minimum absolute atomic E-state index is 0.459. The molecule has 1 aliphatic heterocycles. The number of hydrogen-bond donors (Lipinski definition) is 1. The molecule has 1 saturated heterocycles. The fraction of sp³-hybridized carbons (Fsp3) is 1.00. The zero-order valence-corrected chi connectivity index (χ0v) is 13.3. The van der Waals surface area contributed by atoms with Crippen LogP contribution in [0.3, 0.4) is 0 Å². The summed E-state index contributed by atoms with van der Waals surface area (Å²) in [5.74, 6) is 1.69. The Labute approximate surface area is 120 Å². The van der Waals surface area contributed by atoms with Gasteiger partial charge in [0.2, 0.25) is 0 Å². The molecule has 0 aromatic rings. The molecule has 19 heavy (non-hydrogen) atoms. The topological polar surface area (TPSA) is 29.3 Å². The summed E-state index contributed by atoms with van der Waals surface area (Å²) in [5.41, 5.74) is 6.99. The monoisotopic (exact) mass is 266 g/mol. The standard InChI is InChI=1S/C17H34N2/c1-4-14-7-8-16(18)15(11-14)12-19-10-9-17(5-2,6-3)13-19/h14-16H,4-13,18H2,1-3H3. The van der Waals surface area contributed by atoms with Crippen LogP contribution in [0.15, 0.2) is 0 Å². The highest BCUT2D eigenvalue weighted by Crippen LogP contribution is 2.38. The molecule has 0 spiro atoms. The summed E-state index contributed by atoms with van der Waals surface area (Å²) in [7, 11) is 0. The van der Waals surface area contributed by atoms with Crippen LogP contribution >= 0.6 is 0 Å². The van der Waals surface area contributed by atoms with Crippen molar-refractivity contribution in [2.24, 2.45) is 23.0 Å². The smallest absolute Gasteiger partial charge is 0.00795 e. The highest BCUT2D eigenvalue weighted by Gasteiger charge is 2.37. The van der Waals surface area contributed by atoms with Gasteiger partial charge in [-0.15, -0.1) is 0 Å². The van der Waals surface area contributed by atoms with Crippen molar-refractivity contribution in [1.82, 2.24) is 4.90 Å². The number of nitrogens with zero attached hydrogens (tertiary/aromatic N) is 1. The molecule has 2 fully saturated rings. The Hall–Kier alpha value is -0.0800. The first-order chi connectivity index (χ1) is 9.12. The summed E-state index contributed by atoms with van der Waals surface area (Å²) in [4.78, 5) is 2.72. The van der Waals surface area contributed by atoms with Gasteiger partial charge in [-0.25, -0.2) is 0 Å². The van der Waals surface area contributed by atoms with Gasteiger partial charge in [0.25, 0.3) is 0 Å². The molecule has 0 amide bonds. The average molecular weight is 266 g/mol. The quantitative estimate of drug-likeness (QED) is 0.823. The third-order valence-electron chi connectivity index (χ3n) is 6.24. The van der Waals surface area contributed by atoms with Crippen LogP contribution in [0, 0.1) is 17.3 Å². The lowest BCUT2D eigenvalue weighted by molar-refractivity contribution is 0.156. The van der Waals surface area contributed by atoms with E-state index < -0.39 is 0 Å². The number of hydrogen-bond acceptors (Lipinski definition) is 2. The van der Waals surface area contributed by atoms with Gasteiger partial charge in [0.15, 0.2) is 0 Å². The second-order valence-electron chi connectivity index (χ2n) is 7.20. The SMILES string of the molecule is CCC1CCC(N)C(CN2CCC(CC)(CC)C2)C1. The summed E-state index contributed by atoms with van der Waals surface area (Å²) in [5, 5.41) is 0. The zero-order chi connectivity index (χ0) is 13.9. The molecule has 2 aliphatic rings. The maximum Gasteiger partial charge on any atom is 0.00795 e. The van der Waals surface area contributed by atoms with Crippen molar-refractivity contribution in [3.8, 4) is 0 Å². The van der Waals surface area contributed by atoms with Gasteiger partial charge in [-0.05, 0) is 62.3 Å². The minimum Gasteiger partial charge on any atom is -0.327 e. The fourth-order valence-corrected chi connectivity index (χ4v) is 4.31. The van der Waals surface area contributed by atoms with E-state index in [9.17, 15) is 0 Å². The first kappa shape index (κ1) is 15.3. The number of likely N-dealkylation sites (tertiary alicyclic amines) is 1. The zero-order valence-electron chi connectivity index (χ0n) is 13.3. The lowest BCUT2D eigenvalue weighted by atomic mass is 9.77. The van der Waals surface area contributed by atoms with Gasteiger partial charge in [0, 0.05) is 19.1 Å². The molecule has 2 heteroatoms. The molecule has 1 saturated carbocycles. The van der Waals surface area contributed by atoms with E-state index in [1.165, 1.54) is 64.6 Å². The van der Waals surface area contributed by atoms with Crippen LogP contribution in [0.1, 0.15) is 65.7 Å². The largest absolute Gasteiger partial charge is 0.327 e. The van der Waals surface area contributed by atoms with Crippen LogP contribution in [-0.2, 0) is 0 Å². The third-order valence-corrected chi connectivity index (χ3v) is 6.24. The fourth-order valence-electron chi connectivity index (χ4n) is 4.31. The maximum absolute atomic E-state index is 6.38. The molecule has 3 atom stereocenters. The van der Waals surface area contributed by atoms with Crippen molar-refractivity contribution in [2.75, 3.05) is 19.6 Å². The van der Waals surface area contributed by atoms with Gasteiger partial charge in [-0.1, -0.05) is 27.2 Å². The van der Waals surface area contributed by atoms with Gasteiger partial charge < -0.3 is 10.6 Å². The highest BCUT2D eigenvalue weighted by molar-refractivity contribution is 4.91. The summed E-state index contributed by atoms with van der Waals surface area (Å²) in [6.45, 7) is 11.0. The van der Waals surface area contributed by atoms with E-state index in [2.05, 4.69) is 25.7 Å².